The SMILES string of the molecule is CC[C@@H](OC(=O)c1ccc(N2C(=O)c3cc(Cl)c(Cl)cc3C2=O)cc1)C(=O)c1ccccc1. The number of anilines is 1. The van der Waals surface area contributed by atoms with Gasteiger partial charge in [0.1, 0.15) is 0 Å². The zero-order valence-electron chi connectivity index (χ0n) is 17.4. The quantitative estimate of drug-likeness (QED) is 0.259. The highest BCUT2D eigenvalue weighted by atomic mass is 35.5. The van der Waals surface area contributed by atoms with Crippen molar-refractivity contribution in [3.8, 4) is 0 Å². The zero-order chi connectivity index (χ0) is 23.7. The lowest BCUT2D eigenvalue weighted by Crippen LogP contribution is -2.29. The number of esters is 1. The molecule has 3 aromatic carbocycles. The maximum atomic E-state index is 12.8. The number of benzene rings is 3. The molecule has 0 bridgehead atoms. The molecule has 0 spiro atoms. The Balaban J connectivity index is 1.51. The van der Waals surface area contributed by atoms with E-state index in [2.05, 4.69) is 0 Å². The lowest BCUT2D eigenvalue weighted by molar-refractivity contribution is 0.0277. The summed E-state index contributed by atoms with van der Waals surface area (Å²) in [4.78, 5) is 51.7. The molecule has 0 aromatic heterocycles. The topological polar surface area (TPSA) is 80.8 Å². The molecule has 8 heteroatoms. The number of ether oxygens (including phenoxy) is 1. The molecule has 1 heterocycles. The Bertz CT molecular complexity index is 1230. The molecular weight excluding hydrogens is 465 g/mol. The number of ketones is 1. The van der Waals surface area contributed by atoms with E-state index in [0.29, 0.717) is 12.0 Å². The van der Waals surface area contributed by atoms with Gasteiger partial charge in [-0.3, -0.25) is 14.4 Å². The number of rotatable bonds is 6. The average Bonchev–Trinajstić information content (AvgIpc) is 3.07. The molecule has 4 rings (SSSR count). The highest BCUT2D eigenvalue weighted by Crippen LogP contribution is 2.34. The number of fused-ring (bicyclic) bond motifs is 1. The summed E-state index contributed by atoms with van der Waals surface area (Å²) in [6.45, 7) is 1.75. The summed E-state index contributed by atoms with van der Waals surface area (Å²) in [6, 6.07) is 17.1. The Hall–Kier alpha value is -3.48. The Kier molecular flexibility index (Phi) is 6.31. The summed E-state index contributed by atoms with van der Waals surface area (Å²) < 4.78 is 5.42. The van der Waals surface area contributed by atoms with Gasteiger partial charge in [-0.1, -0.05) is 60.5 Å². The number of imide groups is 1. The standard InChI is InChI=1S/C25H17Cl2NO5/c1-2-21(22(29)14-6-4-3-5-7-14)33-25(32)15-8-10-16(11-9-15)28-23(30)17-12-19(26)20(27)13-18(17)24(28)31/h3-13,21H,2H2,1H3/t21-/m1/s1. The molecule has 0 N–H and O–H groups in total. The van der Waals surface area contributed by atoms with Crippen molar-refractivity contribution >= 4 is 52.5 Å². The number of nitrogens with zero attached hydrogens (tertiary/aromatic N) is 1. The first-order valence-corrected chi connectivity index (χ1v) is 10.9. The van der Waals surface area contributed by atoms with E-state index < -0.39 is 23.9 Å². The fourth-order valence-electron chi connectivity index (χ4n) is 3.52. The molecule has 1 aliphatic heterocycles. The summed E-state index contributed by atoms with van der Waals surface area (Å²) >= 11 is 12.0. The van der Waals surface area contributed by atoms with Crippen molar-refractivity contribution in [3.05, 3.63) is 99.0 Å². The van der Waals surface area contributed by atoms with E-state index in [9.17, 15) is 19.2 Å². The normalized spacial score (nSPS) is 13.6. The summed E-state index contributed by atoms with van der Waals surface area (Å²) in [5, 5.41) is 0.346. The minimum Gasteiger partial charge on any atom is -0.450 e. The third kappa shape index (κ3) is 4.27. The van der Waals surface area contributed by atoms with E-state index in [1.165, 1.54) is 36.4 Å². The number of carbonyl (C=O) groups excluding carboxylic acids is 4. The van der Waals surface area contributed by atoms with Crippen LogP contribution in [0, 0.1) is 0 Å². The van der Waals surface area contributed by atoms with Crippen LogP contribution < -0.4 is 4.90 Å². The van der Waals surface area contributed by atoms with Crippen molar-refractivity contribution in [1.82, 2.24) is 0 Å². The molecule has 0 saturated heterocycles. The average molecular weight is 482 g/mol. The smallest absolute Gasteiger partial charge is 0.338 e. The molecule has 2 amide bonds. The molecule has 166 valence electrons. The molecule has 0 unspecified atom stereocenters. The van der Waals surface area contributed by atoms with Gasteiger partial charge in [0.05, 0.1) is 32.4 Å². The van der Waals surface area contributed by atoms with E-state index in [4.69, 9.17) is 27.9 Å². The molecule has 0 fully saturated rings. The van der Waals surface area contributed by atoms with Crippen LogP contribution in [-0.4, -0.2) is 29.7 Å². The maximum absolute atomic E-state index is 12.8. The van der Waals surface area contributed by atoms with Crippen LogP contribution in [0.1, 0.15) is 54.8 Å². The number of Topliss-reactive ketones (excluding diaryl/α,β-unsaturated/α-hetero) is 1. The predicted molar refractivity (Wildman–Crippen MR) is 124 cm³/mol. The van der Waals surface area contributed by atoms with Crippen molar-refractivity contribution in [3.63, 3.8) is 0 Å². The van der Waals surface area contributed by atoms with Gasteiger partial charge in [-0.15, -0.1) is 0 Å². The number of carbonyl (C=O) groups is 4. The highest BCUT2D eigenvalue weighted by Gasteiger charge is 2.37. The summed E-state index contributed by atoms with van der Waals surface area (Å²) in [5.41, 5.74) is 1.22. The zero-order valence-corrected chi connectivity index (χ0v) is 18.9. The van der Waals surface area contributed by atoms with Gasteiger partial charge in [0.15, 0.2) is 6.10 Å². The fraction of sp³-hybridized carbons (Fsp3) is 0.120. The van der Waals surface area contributed by atoms with Crippen LogP contribution in [0.5, 0.6) is 0 Å². The molecular formula is C25H17Cl2NO5. The third-order valence-corrected chi connectivity index (χ3v) is 5.98. The van der Waals surface area contributed by atoms with E-state index in [1.54, 1.807) is 37.3 Å². The summed E-state index contributed by atoms with van der Waals surface area (Å²) in [5.74, 6) is -2.04. The summed E-state index contributed by atoms with van der Waals surface area (Å²) in [6.07, 6.45) is -0.608. The molecule has 6 nitrogen and oxygen atoms in total. The first-order chi connectivity index (χ1) is 15.8. The van der Waals surface area contributed by atoms with Gasteiger partial charge in [0.2, 0.25) is 5.78 Å². The molecule has 0 aliphatic carbocycles. The number of hydrogen-bond acceptors (Lipinski definition) is 5. The second-order valence-corrected chi connectivity index (χ2v) is 8.15. The van der Waals surface area contributed by atoms with Crippen molar-refractivity contribution in [1.29, 1.82) is 0 Å². The number of hydrogen-bond donors (Lipinski definition) is 0. The van der Waals surface area contributed by atoms with Crippen LogP contribution in [0.4, 0.5) is 5.69 Å². The minimum atomic E-state index is -0.926. The Morgan fingerprint density at radius 2 is 1.39 bits per heavy atom. The van der Waals surface area contributed by atoms with Crippen LogP contribution in [-0.2, 0) is 4.74 Å². The van der Waals surface area contributed by atoms with E-state index in [1.807, 2.05) is 0 Å². The van der Waals surface area contributed by atoms with Crippen molar-refractivity contribution in [2.45, 2.75) is 19.4 Å². The molecule has 33 heavy (non-hydrogen) atoms. The fourth-order valence-corrected chi connectivity index (χ4v) is 3.85. The first kappa shape index (κ1) is 22.7. The second-order valence-electron chi connectivity index (χ2n) is 7.34. The Labute approximate surface area is 199 Å². The second kappa shape index (κ2) is 9.17. The number of halogens is 2. The summed E-state index contributed by atoms with van der Waals surface area (Å²) in [7, 11) is 0. The van der Waals surface area contributed by atoms with Crippen LogP contribution in [0.25, 0.3) is 0 Å². The lowest BCUT2D eigenvalue weighted by atomic mass is 10.0. The molecule has 0 radical (unpaired) electrons. The van der Waals surface area contributed by atoms with Gasteiger partial charge in [0.25, 0.3) is 11.8 Å². The van der Waals surface area contributed by atoms with Crippen LogP contribution in [0.15, 0.2) is 66.7 Å². The van der Waals surface area contributed by atoms with Crippen LogP contribution >= 0.6 is 23.2 Å². The monoisotopic (exact) mass is 481 g/mol. The maximum Gasteiger partial charge on any atom is 0.338 e. The molecule has 1 atom stereocenters. The predicted octanol–water partition coefficient (Wildman–Crippen LogP) is 5.61. The first-order valence-electron chi connectivity index (χ1n) is 10.1. The van der Waals surface area contributed by atoms with E-state index >= 15 is 0 Å². The highest BCUT2D eigenvalue weighted by molar-refractivity contribution is 6.44. The van der Waals surface area contributed by atoms with Gasteiger partial charge in [-0.2, -0.15) is 0 Å². The van der Waals surface area contributed by atoms with Gasteiger partial charge < -0.3 is 4.74 Å². The van der Waals surface area contributed by atoms with Gasteiger partial charge >= 0.3 is 5.97 Å². The van der Waals surface area contributed by atoms with Crippen molar-refractivity contribution in [2.75, 3.05) is 4.90 Å². The number of amides is 2. The lowest BCUT2D eigenvalue weighted by Gasteiger charge is -2.16. The van der Waals surface area contributed by atoms with Crippen molar-refractivity contribution in [2.24, 2.45) is 0 Å². The van der Waals surface area contributed by atoms with Crippen LogP contribution in [0.2, 0.25) is 10.0 Å². The molecule has 3 aromatic rings. The van der Waals surface area contributed by atoms with Crippen LogP contribution in [0.3, 0.4) is 0 Å². The largest absolute Gasteiger partial charge is 0.450 e. The van der Waals surface area contributed by atoms with E-state index in [-0.39, 0.29) is 38.2 Å². The molecule has 1 aliphatic rings. The van der Waals surface area contributed by atoms with E-state index in [0.717, 1.165) is 4.90 Å². The van der Waals surface area contributed by atoms with Gasteiger partial charge in [-0.05, 0) is 42.8 Å². The molecule has 0 saturated carbocycles. The Morgan fingerprint density at radius 1 is 0.848 bits per heavy atom. The van der Waals surface area contributed by atoms with Gasteiger partial charge in [-0.25, -0.2) is 9.69 Å². The third-order valence-electron chi connectivity index (χ3n) is 5.26. The minimum absolute atomic E-state index is 0.156. The Morgan fingerprint density at radius 3 is 1.91 bits per heavy atom. The van der Waals surface area contributed by atoms with Gasteiger partial charge in [0, 0.05) is 5.56 Å². The van der Waals surface area contributed by atoms with Crippen molar-refractivity contribution < 1.29 is 23.9 Å².